The topological polar surface area (TPSA) is 86.8 Å². The summed E-state index contributed by atoms with van der Waals surface area (Å²) in [6, 6.07) is 0. The molecule has 0 fully saturated rings. The van der Waals surface area contributed by atoms with Gasteiger partial charge in [0.15, 0.2) is 3.92 Å². The van der Waals surface area contributed by atoms with Crippen molar-refractivity contribution in [2.75, 3.05) is 5.73 Å². The lowest BCUT2D eigenvalue weighted by Crippen LogP contribution is -1.79. The molecule has 0 aliphatic heterocycles. The summed E-state index contributed by atoms with van der Waals surface area (Å²) in [5.41, 5.74) is 5.19. The maximum atomic E-state index is 5.19. The monoisotopic (exact) mass is 196 g/mol. The number of nitrogens with zero attached hydrogens (tertiary/aromatic N) is 2. The predicted octanol–water partition coefficient (Wildman–Crippen LogP) is 1.04. The standard InChI is InChI=1S/C2H2BrN3S.H3N/c3-1-5-6-2(4)7-1;/h(H2,4,6);1H3. The highest BCUT2D eigenvalue weighted by Gasteiger charge is 1.91. The molecule has 0 aromatic carbocycles. The van der Waals surface area contributed by atoms with Crippen molar-refractivity contribution in [2.24, 2.45) is 0 Å². The van der Waals surface area contributed by atoms with Gasteiger partial charge in [0.1, 0.15) is 0 Å². The number of hydrogen-bond acceptors (Lipinski definition) is 5. The average molecular weight is 197 g/mol. The average Bonchev–Trinajstić information content (AvgIpc) is 1.87. The van der Waals surface area contributed by atoms with E-state index in [2.05, 4.69) is 26.1 Å². The van der Waals surface area contributed by atoms with E-state index in [-0.39, 0.29) is 6.15 Å². The van der Waals surface area contributed by atoms with E-state index in [1.54, 1.807) is 0 Å². The summed E-state index contributed by atoms with van der Waals surface area (Å²) in [5.74, 6) is 0. The van der Waals surface area contributed by atoms with Gasteiger partial charge in [-0.3, -0.25) is 0 Å². The zero-order chi connectivity index (χ0) is 5.28. The third kappa shape index (κ3) is 1.73. The predicted molar refractivity (Wildman–Crippen MR) is 37.0 cm³/mol. The maximum Gasteiger partial charge on any atom is 0.203 e. The number of aromatic nitrogens is 2. The molecular weight excluding hydrogens is 192 g/mol. The van der Waals surface area contributed by atoms with Crippen LogP contribution in [0.2, 0.25) is 0 Å². The highest BCUT2D eigenvalue weighted by molar-refractivity contribution is 9.11. The van der Waals surface area contributed by atoms with Gasteiger partial charge in [-0.2, -0.15) is 0 Å². The minimum atomic E-state index is 0. The lowest BCUT2D eigenvalue weighted by molar-refractivity contribution is 1.08. The number of nitrogen functional groups attached to an aromatic ring is 1. The van der Waals surface area contributed by atoms with E-state index in [0.29, 0.717) is 5.13 Å². The van der Waals surface area contributed by atoms with Gasteiger partial charge in [0.2, 0.25) is 5.13 Å². The Morgan fingerprint density at radius 2 is 2.12 bits per heavy atom. The SMILES string of the molecule is N.Nc1nnc(Br)s1. The fourth-order valence-corrected chi connectivity index (χ4v) is 1.13. The molecule has 0 radical (unpaired) electrons. The van der Waals surface area contributed by atoms with Crippen molar-refractivity contribution in [2.45, 2.75) is 0 Å². The van der Waals surface area contributed by atoms with Crippen molar-refractivity contribution < 1.29 is 0 Å². The van der Waals surface area contributed by atoms with Gasteiger partial charge in [-0.25, -0.2) is 0 Å². The Morgan fingerprint density at radius 3 is 2.25 bits per heavy atom. The minimum Gasteiger partial charge on any atom is -0.374 e. The molecule has 0 bridgehead atoms. The molecular formula is C2H5BrN4S. The van der Waals surface area contributed by atoms with Crippen LogP contribution < -0.4 is 11.9 Å². The molecule has 4 nitrogen and oxygen atoms in total. The summed E-state index contributed by atoms with van der Waals surface area (Å²) in [4.78, 5) is 0. The fraction of sp³-hybridized carbons (Fsp3) is 0. The molecule has 1 heterocycles. The Bertz CT molecular complexity index is 146. The van der Waals surface area contributed by atoms with E-state index in [1.807, 2.05) is 0 Å². The highest BCUT2D eigenvalue weighted by atomic mass is 79.9. The molecule has 0 aliphatic rings. The Balaban J connectivity index is 0.000000490. The van der Waals surface area contributed by atoms with E-state index in [0.717, 1.165) is 3.92 Å². The van der Waals surface area contributed by atoms with Gasteiger partial charge >= 0.3 is 0 Å². The van der Waals surface area contributed by atoms with Crippen molar-refractivity contribution in [3.05, 3.63) is 3.92 Å². The molecule has 0 saturated heterocycles. The third-order valence-corrected chi connectivity index (χ3v) is 1.60. The van der Waals surface area contributed by atoms with Gasteiger partial charge in [0.05, 0.1) is 0 Å². The summed E-state index contributed by atoms with van der Waals surface area (Å²) >= 11 is 4.41. The Morgan fingerprint density at radius 1 is 1.50 bits per heavy atom. The molecule has 1 rings (SSSR count). The molecule has 8 heavy (non-hydrogen) atoms. The quantitative estimate of drug-likeness (QED) is 0.650. The van der Waals surface area contributed by atoms with E-state index in [1.165, 1.54) is 11.3 Å². The molecule has 0 unspecified atom stereocenters. The molecule has 0 saturated carbocycles. The van der Waals surface area contributed by atoms with E-state index >= 15 is 0 Å². The van der Waals surface area contributed by atoms with Gasteiger partial charge in [-0.15, -0.1) is 10.2 Å². The smallest absolute Gasteiger partial charge is 0.203 e. The van der Waals surface area contributed by atoms with Crippen molar-refractivity contribution in [1.29, 1.82) is 0 Å². The van der Waals surface area contributed by atoms with Crippen LogP contribution in [0.4, 0.5) is 5.13 Å². The fourth-order valence-electron chi connectivity index (χ4n) is 0.216. The number of anilines is 1. The molecule has 0 aliphatic carbocycles. The molecule has 1 aromatic rings. The van der Waals surface area contributed by atoms with Gasteiger partial charge in [0.25, 0.3) is 0 Å². The van der Waals surface area contributed by atoms with Crippen LogP contribution >= 0.6 is 27.3 Å². The molecule has 6 heteroatoms. The molecule has 1 aromatic heterocycles. The highest BCUT2D eigenvalue weighted by Crippen LogP contribution is 2.16. The van der Waals surface area contributed by atoms with Crippen LogP contribution in [0.15, 0.2) is 3.92 Å². The zero-order valence-corrected chi connectivity index (χ0v) is 6.37. The summed E-state index contributed by atoms with van der Waals surface area (Å²) < 4.78 is 0.727. The molecule has 46 valence electrons. The molecule has 0 spiro atoms. The number of rotatable bonds is 0. The molecule has 5 N–H and O–H groups in total. The first-order chi connectivity index (χ1) is 3.29. The van der Waals surface area contributed by atoms with Crippen molar-refractivity contribution in [1.82, 2.24) is 16.3 Å². The normalized spacial score (nSPS) is 8.12. The van der Waals surface area contributed by atoms with E-state index in [4.69, 9.17) is 5.73 Å². The second-order valence-corrected chi connectivity index (χ2v) is 3.18. The molecule has 0 atom stereocenters. The lowest BCUT2D eigenvalue weighted by atomic mass is 11.3. The minimum absolute atomic E-state index is 0. The van der Waals surface area contributed by atoms with E-state index in [9.17, 15) is 0 Å². The number of hydrogen-bond donors (Lipinski definition) is 2. The first-order valence-corrected chi connectivity index (χ1v) is 3.14. The van der Waals surface area contributed by atoms with Gasteiger partial charge < -0.3 is 11.9 Å². The van der Waals surface area contributed by atoms with Gasteiger partial charge in [-0.05, 0) is 15.9 Å². The second kappa shape index (κ2) is 2.95. The summed E-state index contributed by atoms with van der Waals surface area (Å²) in [6.45, 7) is 0. The van der Waals surface area contributed by atoms with Crippen LogP contribution in [-0.2, 0) is 0 Å². The van der Waals surface area contributed by atoms with Gasteiger partial charge in [-0.1, -0.05) is 11.3 Å². The summed E-state index contributed by atoms with van der Waals surface area (Å²) in [5, 5.41) is 7.58. The van der Waals surface area contributed by atoms with Crippen molar-refractivity contribution >= 4 is 32.4 Å². The van der Waals surface area contributed by atoms with Crippen LogP contribution in [-0.4, -0.2) is 10.2 Å². The largest absolute Gasteiger partial charge is 0.374 e. The van der Waals surface area contributed by atoms with Crippen LogP contribution in [0.25, 0.3) is 0 Å². The third-order valence-electron chi connectivity index (χ3n) is 0.416. The summed E-state index contributed by atoms with van der Waals surface area (Å²) in [6.07, 6.45) is 0. The number of nitrogens with two attached hydrogens (primary N) is 1. The van der Waals surface area contributed by atoms with Crippen LogP contribution in [0, 0.1) is 0 Å². The maximum absolute atomic E-state index is 5.19. The van der Waals surface area contributed by atoms with Crippen molar-refractivity contribution in [3.63, 3.8) is 0 Å². The first-order valence-electron chi connectivity index (χ1n) is 1.53. The zero-order valence-electron chi connectivity index (χ0n) is 3.97. The Hall–Kier alpha value is -0.200. The molecule has 0 amide bonds. The first kappa shape index (κ1) is 7.80. The Kier molecular flexibility index (Phi) is 2.88. The van der Waals surface area contributed by atoms with Crippen molar-refractivity contribution in [3.8, 4) is 0 Å². The Labute approximate surface area is 58.8 Å². The second-order valence-electron chi connectivity index (χ2n) is 0.893. The number of halogens is 1. The van der Waals surface area contributed by atoms with E-state index < -0.39 is 0 Å². The lowest BCUT2D eigenvalue weighted by Gasteiger charge is -1.65. The van der Waals surface area contributed by atoms with Crippen LogP contribution in [0.3, 0.4) is 0 Å². The van der Waals surface area contributed by atoms with Crippen LogP contribution in [0.1, 0.15) is 0 Å². The van der Waals surface area contributed by atoms with Gasteiger partial charge in [0, 0.05) is 0 Å². The van der Waals surface area contributed by atoms with Crippen LogP contribution in [0.5, 0.6) is 0 Å². The summed E-state index contributed by atoms with van der Waals surface area (Å²) in [7, 11) is 0.